The molecule has 0 unspecified atom stereocenters. The summed E-state index contributed by atoms with van der Waals surface area (Å²) in [4.78, 5) is -0.318. The summed E-state index contributed by atoms with van der Waals surface area (Å²) in [6, 6.07) is 2.32. The Morgan fingerprint density at radius 2 is 1.50 bits per heavy atom. The molecule has 0 atom stereocenters. The van der Waals surface area contributed by atoms with E-state index in [0.29, 0.717) is 6.07 Å². The van der Waals surface area contributed by atoms with Crippen LogP contribution in [0.1, 0.15) is 38.5 Å². The Labute approximate surface area is 118 Å². The van der Waals surface area contributed by atoms with Crippen LogP contribution in [0.5, 0.6) is 0 Å². The van der Waals surface area contributed by atoms with Gasteiger partial charge in [-0.25, -0.2) is 17.2 Å². The number of halogens is 2. The van der Waals surface area contributed by atoms with E-state index < -0.39 is 21.7 Å². The molecule has 3 nitrogen and oxygen atoms in total. The van der Waals surface area contributed by atoms with E-state index in [4.69, 9.17) is 0 Å². The molecule has 6 heteroatoms. The molecular weight excluding hydrogens is 284 g/mol. The monoisotopic (exact) mass is 303 g/mol. The zero-order valence-electron chi connectivity index (χ0n) is 11.5. The van der Waals surface area contributed by atoms with Crippen LogP contribution in [0.3, 0.4) is 0 Å². The minimum atomic E-state index is -3.85. The zero-order valence-corrected chi connectivity index (χ0v) is 12.3. The Hall–Kier alpha value is -1.01. The van der Waals surface area contributed by atoms with Crippen molar-refractivity contribution < 1.29 is 17.2 Å². The molecule has 1 aliphatic carbocycles. The lowest BCUT2D eigenvalue weighted by molar-refractivity contribution is 0.335. The van der Waals surface area contributed by atoms with E-state index in [1.165, 1.54) is 11.4 Å². The number of rotatable bonds is 3. The molecule has 2 rings (SSSR count). The summed E-state index contributed by atoms with van der Waals surface area (Å²) in [6.07, 6.45) is 5.79. The molecule has 0 heterocycles. The van der Waals surface area contributed by atoms with Crippen LogP contribution in [0.2, 0.25) is 0 Å². The van der Waals surface area contributed by atoms with Gasteiger partial charge in [-0.1, -0.05) is 25.7 Å². The summed E-state index contributed by atoms with van der Waals surface area (Å²) >= 11 is 0. The van der Waals surface area contributed by atoms with Crippen molar-refractivity contribution in [3.63, 3.8) is 0 Å². The van der Waals surface area contributed by atoms with Gasteiger partial charge >= 0.3 is 0 Å². The molecule has 0 aliphatic heterocycles. The summed E-state index contributed by atoms with van der Waals surface area (Å²) in [5.74, 6) is -1.75. The molecule has 1 fully saturated rings. The second-order valence-electron chi connectivity index (χ2n) is 5.27. The molecule has 0 N–H and O–H groups in total. The lowest BCUT2D eigenvalue weighted by Crippen LogP contribution is -2.36. The number of sulfonamides is 1. The molecule has 112 valence electrons. The van der Waals surface area contributed by atoms with Gasteiger partial charge in [0.2, 0.25) is 10.0 Å². The van der Waals surface area contributed by atoms with Crippen molar-refractivity contribution in [2.45, 2.75) is 49.5 Å². The van der Waals surface area contributed by atoms with Gasteiger partial charge in [-0.15, -0.1) is 0 Å². The summed E-state index contributed by atoms with van der Waals surface area (Å²) in [5.41, 5.74) is 0. The Morgan fingerprint density at radius 1 is 1.00 bits per heavy atom. The average molecular weight is 303 g/mol. The van der Waals surface area contributed by atoms with Crippen LogP contribution in [-0.2, 0) is 10.0 Å². The second kappa shape index (κ2) is 6.18. The summed E-state index contributed by atoms with van der Waals surface area (Å²) < 4.78 is 52.6. The van der Waals surface area contributed by atoms with Gasteiger partial charge < -0.3 is 0 Å². The highest BCUT2D eigenvalue weighted by Crippen LogP contribution is 2.26. The molecule has 1 aromatic rings. The first kappa shape index (κ1) is 15.4. The van der Waals surface area contributed by atoms with E-state index in [-0.39, 0.29) is 10.9 Å². The topological polar surface area (TPSA) is 37.4 Å². The van der Waals surface area contributed by atoms with E-state index in [9.17, 15) is 17.2 Å². The first-order chi connectivity index (χ1) is 9.41. The fourth-order valence-electron chi connectivity index (χ4n) is 2.66. The summed E-state index contributed by atoms with van der Waals surface area (Å²) in [5, 5.41) is 0. The minimum Gasteiger partial charge on any atom is -0.207 e. The molecule has 0 amide bonds. The SMILES string of the molecule is CN(C1CCCCCC1)S(=O)(=O)c1cc(F)cc(F)c1. The van der Waals surface area contributed by atoms with Gasteiger partial charge in [0.05, 0.1) is 4.90 Å². The molecule has 0 saturated heterocycles. The Bertz CT molecular complexity index is 546. The van der Waals surface area contributed by atoms with Crippen molar-refractivity contribution >= 4 is 10.0 Å². The molecule has 1 aromatic carbocycles. The lowest BCUT2D eigenvalue weighted by atomic mass is 10.1. The maximum atomic E-state index is 13.2. The Kier molecular flexibility index (Phi) is 4.75. The van der Waals surface area contributed by atoms with Crippen LogP contribution in [0.15, 0.2) is 23.1 Å². The predicted octanol–water partition coefficient (Wildman–Crippen LogP) is 3.31. The third-order valence-electron chi connectivity index (χ3n) is 3.85. The van der Waals surface area contributed by atoms with E-state index in [2.05, 4.69) is 0 Å². The van der Waals surface area contributed by atoms with Crippen molar-refractivity contribution in [2.24, 2.45) is 0 Å². The molecule has 0 spiro atoms. The Balaban J connectivity index is 2.28. The van der Waals surface area contributed by atoms with E-state index >= 15 is 0 Å². The third kappa shape index (κ3) is 3.35. The average Bonchev–Trinajstić information content (AvgIpc) is 2.65. The minimum absolute atomic E-state index is 0.0890. The normalized spacial score (nSPS) is 18.2. The smallest absolute Gasteiger partial charge is 0.207 e. The van der Waals surface area contributed by atoms with Crippen LogP contribution in [-0.4, -0.2) is 25.8 Å². The standard InChI is InChI=1S/C14H19F2NO2S/c1-17(13-6-4-2-3-5-7-13)20(18,19)14-9-11(15)8-12(16)10-14/h8-10,13H,2-7H2,1H3. The van der Waals surface area contributed by atoms with Crippen molar-refractivity contribution in [1.29, 1.82) is 0 Å². The third-order valence-corrected chi connectivity index (χ3v) is 5.74. The lowest BCUT2D eigenvalue weighted by Gasteiger charge is -2.26. The second-order valence-corrected chi connectivity index (χ2v) is 7.27. The maximum absolute atomic E-state index is 13.2. The van der Waals surface area contributed by atoms with Crippen LogP contribution < -0.4 is 0 Å². The van der Waals surface area contributed by atoms with Gasteiger partial charge in [-0.3, -0.25) is 0 Å². The zero-order chi connectivity index (χ0) is 14.8. The van der Waals surface area contributed by atoms with Crippen LogP contribution >= 0.6 is 0 Å². The van der Waals surface area contributed by atoms with Crippen molar-refractivity contribution in [3.05, 3.63) is 29.8 Å². The highest BCUT2D eigenvalue weighted by molar-refractivity contribution is 7.89. The van der Waals surface area contributed by atoms with Crippen molar-refractivity contribution in [2.75, 3.05) is 7.05 Å². The van der Waals surface area contributed by atoms with Gasteiger partial charge in [0.25, 0.3) is 0 Å². The van der Waals surface area contributed by atoms with E-state index in [1.54, 1.807) is 0 Å². The van der Waals surface area contributed by atoms with E-state index in [1.807, 2.05) is 0 Å². The molecule has 0 bridgehead atoms. The number of benzene rings is 1. The quantitative estimate of drug-likeness (QED) is 0.803. The van der Waals surface area contributed by atoms with Gasteiger partial charge in [0, 0.05) is 19.2 Å². The Morgan fingerprint density at radius 3 is 2.00 bits per heavy atom. The van der Waals surface area contributed by atoms with Crippen LogP contribution in [0, 0.1) is 11.6 Å². The van der Waals surface area contributed by atoms with Gasteiger partial charge in [-0.2, -0.15) is 4.31 Å². The van der Waals surface area contributed by atoms with Crippen LogP contribution in [0.4, 0.5) is 8.78 Å². The van der Waals surface area contributed by atoms with Gasteiger partial charge in [0.1, 0.15) is 11.6 Å². The number of hydrogen-bond acceptors (Lipinski definition) is 2. The van der Waals surface area contributed by atoms with Crippen LogP contribution in [0.25, 0.3) is 0 Å². The molecule has 1 aliphatic rings. The first-order valence-corrected chi connectivity index (χ1v) is 8.29. The van der Waals surface area contributed by atoms with E-state index in [0.717, 1.165) is 50.7 Å². The maximum Gasteiger partial charge on any atom is 0.243 e. The van der Waals surface area contributed by atoms with Gasteiger partial charge in [-0.05, 0) is 25.0 Å². The highest BCUT2D eigenvalue weighted by Gasteiger charge is 2.29. The molecule has 0 radical (unpaired) electrons. The summed E-state index contributed by atoms with van der Waals surface area (Å²) in [7, 11) is -2.35. The fourth-order valence-corrected chi connectivity index (χ4v) is 4.12. The van der Waals surface area contributed by atoms with Gasteiger partial charge in [0.15, 0.2) is 0 Å². The first-order valence-electron chi connectivity index (χ1n) is 6.85. The molecule has 20 heavy (non-hydrogen) atoms. The highest BCUT2D eigenvalue weighted by atomic mass is 32.2. The summed E-state index contributed by atoms with van der Waals surface area (Å²) in [6.45, 7) is 0. The largest absolute Gasteiger partial charge is 0.243 e. The van der Waals surface area contributed by atoms with Crippen molar-refractivity contribution in [1.82, 2.24) is 4.31 Å². The number of hydrogen-bond donors (Lipinski definition) is 0. The fraction of sp³-hybridized carbons (Fsp3) is 0.571. The predicted molar refractivity (Wildman–Crippen MR) is 72.8 cm³/mol. The molecular formula is C14H19F2NO2S. The molecule has 0 aromatic heterocycles. The van der Waals surface area contributed by atoms with Crippen molar-refractivity contribution in [3.8, 4) is 0 Å². The molecule has 1 saturated carbocycles. The number of nitrogens with zero attached hydrogens (tertiary/aromatic N) is 1.